The molecule has 2 aromatic carbocycles. The number of aryl methyl sites for hydroxylation is 1. The Hall–Kier alpha value is -3.06. The number of esters is 1. The molecule has 0 atom stereocenters. The number of ether oxygens (including phenoxy) is 2. The van der Waals surface area contributed by atoms with Crippen molar-refractivity contribution in [2.24, 2.45) is 0 Å². The lowest BCUT2D eigenvalue weighted by Gasteiger charge is -2.06. The molecule has 128 valence electrons. The molecule has 0 aliphatic rings. The molecule has 0 amide bonds. The van der Waals surface area contributed by atoms with Crippen molar-refractivity contribution in [3.63, 3.8) is 0 Å². The van der Waals surface area contributed by atoms with Gasteiger partial charge in [0.05, 0.1) is 6.61 Å². The molecule has 0 unspecified atom stereocenters. The van der Waals surface area contributed by atoms with Crippen molar-refractivity contribution < 1.29 is 14.3 Å². The van der Waals surface area contributed by atoms with Gasteiger partial charge in [-0.3, -0.25) is 0 Å². The number of hydrogen-bond acceptors (Lipinski definition) is 4. The van der Waals surface area contributed by atoms with E-state index in [9.17, 15) is 10.1 Å². The van der Waals surface area contributed by atoms with Crippen LogP contribution in [0.2, 0.25) is 0 Å². The van der Waals surface area contributed by atoms with Gasteiger partial charge in [-0.2, -0.15) is 5.26 Å². The molecule has 0 heterocycles. The Kier molecular flexibility index (Phi) is 6.79. The van der Waals surface area contributed by atoms with E-state index in [4.69, 9.17) is 9.47 Å². The second-order valence-corrected chi connectivity index (χ2v) is 5.64. The molecule has 0 aliphatic carbocycles. The molecular formula is C21H21NO3. The van der Waals surface area contributed by atoms with Crippen LogP contribution in [0.15, 0.2) is 54.1 Å². The van der Waals surface area contributed by atoms with Crippen LogP contribution in [0.25, 0.3) is 6.08 Å². The molecule has 0 bridgehead atoms. The van der Waals surface area contributed by atoms with Gasteiger partial charge in [0.1, 0.15) is 23.1 Å². The van der Waals surface area contributed by atoms with Gasteiger partial charge in [-0.05, 0) is 49.2 Å². The second-order valence-electron chi connectivity index (χ2n) is 5.64. The normalized spacial score (nSPS) is 10.8. The highest BCUT2D eigenvalue weighted by atomic mass is 16.5. The van der Waals surface area contributed by atoms with Crippen LogP contribution in [-0.2, 0) is 4.79 Å². The van der Waals surface area contributed by atoms with Crippen LogP contribution in [0.1, 0.15) is 30.9 Å². The van der Waals surface area contributed by atoms with Crippen LogP contribution in [-0.4, -0.2) is 12.6 Å². The molecule has 0 saturated heterocycles. The number of rotatable bonds is 7. The topological polar surface area (TPSA) is 59.3 Å². The van der Waals surface area contributed by atoms with E-state index in [2.05, 4.69) is 6.92 Å². The monoisotopic (exact) mass is 335 g/mol. The zero-order valence-corrected chi connectivity index (χ0v) is 14.5. The summed E-state index contributed by atoms with van der Waals surface area (Å²) < 4.78 is 10.8. The number of carbonyl (C=O) groups is 1. The van der Waals surface area contributed by atoms with Gasteiger partial charge >= 0.3 is 5.97 Å². The molecule has 0 aliphatic heterocycles. The maximum atomic E-state index is 12.1. The van der Waals surface area contributed by atoms with Crippen molar-refractivity contribution in [2.45, 2.75) is 26.7 Å². The molecule has 0 fully saturated rings. The zero-order chi connectivity index (χ0) is 18.1. The van der Waals surface area contributed by atoms with Gasteiger partial charge in [-0.1, -0.05) is 43.2 Å². The van der Waals surface area contributed by atoms with E-state index >= 15 is 0 Å². The van der Waals surface area contributed by atoms with E-state index in [1.165, 1.54) is 6.08 Å². The molecular weight excluding hydrogens is 314 g/mol. The van der Waals surface area contributed by atoms with Crippen LogP contribution in [0, 0.1) is 18.3 Å². The maximum Gasteiger partial charge on any atom is 0.354 e. The van der Waals surface area contributed by atoms with Crippen molar-refractivity contribution in [1.29, 1.82) is 5.26 Å². The summed E-state index contributed by atoms with van der Waals surface area (Å²) in [6.07, 6.45) is 3.59. The summed E-state index contributed by atoms with van der Waals surface area (Å²) in [6, 6.07) is 16.2. The first-order valence-corrected chi connectivity index (χ1v) is 8.26. The highest BCUT2D eigenvalue weighted by Gasteiger charge is 2.12. The Balaban J connectivity index is 2.04. The summed E-state index contributed by atoms with van der Waals surface area (Å²) in [7, 11) is 0. The first-order valence-electron chi connectivity index (χ1n) is 8.26. The third kappa shape index (κ3) is 5.82. The molecule has 2 aromatic rings. The van der Waals surface area contributed by atoms with Crippen LogP contribution >= 0.6 is 0 Å². The number of nitriles is 1. The van der Waals surface area contributed by atoms with Crippen LogP contribution in [0.5, 0.6) is 11.5 Å². The van der Waals surface area contributed by atoms with E-state index in [-0.39, 0.29) is 5.57 Å². The summed E-state index contributed by atoms with van der Waals surface area (Å²) in [5, 5.41) is 9.23. The van der Waals surface area contributed by atoms with Gasteiger partial charge < -0.3 is 9.47 Å². The lowest BCUT2D eigenvalue weighted by Crippen LogP contribution is -2.10. The molecule has 0 N–H and O–H groups in total. The average Bonchev–Trinajstić information content (AvgIpc) is 2.63. The third-order valence-electron chi connectivity index (χ3n) is 3.53. The molecule has 4 nitrogen and oxygen atoms in total. The summed E-state index contributed by atoms with van der Waals surface area (Å²) in [4.78, 5) is 12.1. The molecule has 0 spiro atoms. The summed E-state index contributed by atoms with van der Waals surface area (Å²) in [6.45, 7) is 4.73. The fourth-order valence-electron chi connectivity index (χ4n) is 2.07. The quantitative estimate of drug-likeness (QED) is 0.242. The Morgan fingerprint density at radius 1 is 1.08 bits per heavy atom. The SMILES string of the molecule is CCCCOc1ccc(/C=C(\C#N)C(=O)Oc2ccc(C)cc2)cc1. The van der Waals surface area contributed by atoms with Gasteiger partial charge in [0.25, 0.3) is 0 Å². The van der Waals surface area contributed by atoms with Crippen molar-refractivity contribution in [3.8, 4) is 17.6 Å². The van der Waals surface area contributed by atoms with Gasteiger partial charge in [0.2, 0.25) is 0 Å². The van der Waals surface area contributed by atoms with Crippen molar-refractivity contribution in [3.05, 3.63) is 65.2 Å². The first kappa shape index (κ1) is 18.3. The fraction of sp³-hybridized carbons (Fsp3) is 0.238. The average molecular weight is 335 g/mol. The number of carbonyl (C=O) groups excluding carboxylic acids is 1. The van der Waals surface area contributed by atoms with Crippen molar-refractivity contribution >= 4 is 12.0 Å². The molecule has 2 rings (SSSR count). The number of unbranched alkanes of at least 4 members (excludes halogenated alkanes) is 1. The fourth-order valence-corrected chi connectivity index (χ4v) is 2.07. The minimum atomic E-state index is -0.672. The van der Waals surface area contributed by atoms with E-state index in [1.807, 2.05) is 37.3 Å². The van der Waals surface area contributed by atoms with E-state index < -0.39 is 5.97 Å². The lowest BCUT2D eigenvalue weighted by molar-refractivity contribution is -0.129. The first-order chi connectivity index (χ1) is 12.1. The largest absolute Gasteiger partial charge is 0.494 e. The van der Waals surface area contributed by atoms with Gasteiger partial charge in [0, 0.05) is 0 Å². The highest BCUT2D eigenvalue weighted by Crippen LogP contribution is 2.17. The van der Waals surface area contributed by atoms with Crippen LogP contribution < -0.4 is 9.47 Å². The number of nitrogens with zero attached hydrogens (tertiary/aromatic N) is 1. The number of benzene rings is 2. The minimum Gasteiger partial charge on any atom is -0.494 e. The van der Waals surface area contributed by atoms with E-state index in [1.54, 1.807) is 24.3 Å². The Bertz CT molecular complexity index is 768. The van der Waals surface area contributed by atoms with Gasteiger partial charge in [-0.25, -0.2) is 4.79 Å². The standard InChI is InChI=1S/C21H21NO3/c1-3-4-13-24-19-11-7-17(8-12-19)14-18(15-22)21(23)25-20-9-5-16(2)6-10-20/h5-12,14H,3-4,13H2,1-2H3/b18-14+. The molecule has 0 radical (unpaired) electrons. The van der Waals surface area contributed by atoms with Gasteiger partial charge in [0.15, 0.2) is 0 Å². The van der Waals surface area contributed by atoms with Crippen molar-refractivity contribution in [1.82, 2.24) is 0 Å². The highest BCUT2D eigenvalue weighted by molar-refractivity contribution is 5.99. The predicted octanol–water partition coefficient (Wildman–Crippen LogP) is 4.69. The Morgan fingerprint density at radius 2 is 1.72 bits per heavy atom. The maximum absolute atomic E-state index is 12.1. The minimum absolute atomic E-state index is 0.0553. The van der Waals surface area contributed by atoms with Crippen LogP contribution in [0.4, 0.5) is 0 Å². The molecule has 4 heteroatoms. The van der Waals surface area contributed by atoms with Gasteiger partial charge in [-0.15, -0.1) is 0 Å². The lowest BCUT2D eigenvalue weighted by atomic mass is 10.1. The van der Waals surface area contributed by atoms with E-state index in [0.717, 1.165) is 29.7 Å². The van der Waals surface area contributed by atoms with E-state index in [0.29, 0.717) is 12.4 Å². The predicted molar refractivity (Wildman–Crippen MR) is 97.2 cm³/mol. The summed E-state index contributed by atoms with van der Waals surface area (Å²) in [5.74, 6) is 0.511. The third-order valence-corrected chi connectivity index (χ3v) is 3.53. The molecule has 0 aromatic heterocycles. The smallest absolute Gasteiger partial charge is 0.354 e. The van der Waals surface area contributed by atoms with Crippen LogP contribution in [0.3, 0.4) is 0 Å². The molecule has 0 saturated carbocycles. The number of hydrogen-bond donors (Lipinski definition) is 0. The second kappa shape index (κ2) is 9.29. The zero-order valence-electron chi connectivity index (χ0n) is 14.5. The molecule has 25 heavy (non-hydrogen) atoms. The summed E-state index contributed by atoms with van der Waals surface area (Å²) in [5.41, 5.74) is 1.75. The van der Waals surface area contributed by atoms with Crippen molar-refractivity contribution in [2.75, 3.05) is 6.61 Å². The summed E-state index contributed by atoms with van der Waals surface area (Å²) >= 11 is 0. The Morgan fingerprint density at radius 3 is 2.32 bits per heavy atom. The Labute approximate surface area is 148 Å².